The van der Waals surface area contributed by atoms with E-state index in [-0.39, 0.29) is 23.8 Å². The summed E-state index contributed by atoms with van der Waals surface area (Å²) in [5, 5.41) is 0. The summed E-state index contributed by atoms with van der Waals surface area (Å²) in [5.41, 5.74) is 5.37. The first-order valence-corrected chi connectivity index (χ1v) is 10.4. The van der Waals surface area contributed by atoms with E-state index in [1.54, 1.807) is 6.92 Å². The van der Waals surface area contributed by atoms with Crippen LogP contribution in [-0.4, -0.2) is 40.7 Å². The van der Waals surface area contributed by atoms with Gasteiger partial charge in [0, 0.05) is 38.0 Å². The van der Waals surface area contributed by atoms with Gasteiger partial charge in [0.25, 0.3) is 5.91 Å². The Bertz CT molecular complexity index is 1090. The lowest BCUT2D eigenvalue weighted by Crippen LogP contribution is -2.47. The molecule has 150 valence electrons. The van der Waals surface area contributed by atoms with Crippen LogP contribution in [0, 0.1) is 0 Å². The van der Waals surface area contributed by atoms with Gasteiger partial charge in [-0.15, -0.1) is 0 Å². The molecule has 2 atom stereocenters. The average Bonchev–Trinajstić information content (AvgIpc) is 3.25. The van der Waals surface area contributed by atoms with E-state index < -0.39 is 0 Å². The number of benzene rings is 3. The van der Waals surface area contributed by atoms with Crippen molar-refractivity contribution in [2.75, 3.05) is 13.1 Å². The predicted octanol–water partition coefficient (Wildman–Crippen LogP) is 4.32. The van der Waals surface area contributed by atoms with Crippen LogP contribution in [0.15, 0.2) is 78.9 Å². The molecule has 3 aromatic carbocycles. The first-order valence-electron chi connectivity index (χ1n) is 10.4. The second-order valence-corrected chi connectivity index (χ2v) is 8.17. The molecule has 5 rings (SSSR count). The van der Waals surface area contributed by atoms with Crippen LogP contribution >= 0.6 is 0 Å². The summed E-state index contributed by atoms with van der Waals surface area (Å²) in [6.45, 7) is 3.47. The van der Waals surface area contributed by atoms with Crippen molar-refractivity contribution in [2.24, 2.45) is 0 Å². The lowest BCUT2D eigenvalue weighted by molar-refractivity contribution is -0.128. The fourth-order valence-electron chi connectivity index (χ4n) is 4.83. The minimum absolute atomic E-state index is 0.0186. The van der Waals surface area contributed by atoms with Crippen molar-refractivity contribution in [1.29, 1.82) is 0 Å². The highest BCUT2D eigenvalue weighted by atomic mass is 16.2. The molecule has 0 spiro atoms. The minimum atomic E-state index is 0.0186. The molecule has 0 N–H and O–H groups in total. The lowest BCUT2D eigenvalue weighted by Gasteiger charge is -2.38. The molecular weight excluding hydrogens is 372 g/mol. The quantitative estimate of drug-likeness (QED) is 0.647. The number of likely N-dealkylation sites (tertiary alicyclic amines) is 1. The molecule has 30 heavy (non-hydrogen) atoms. The van der Waals surface area contributed by atoms with E-state index in [4.69, 9.17) is 0 Å². The Morgan fingerprint density at radius 3 is 2.20 bits per heavy atom. The molecule has 0 saturated carbocycles. The number of fused-ring (bicyclic) bond motifs is 3. The van der Waals surface area contributed by atoms with Gasteiger partial charge in [0.2, 0.25) is 5.91 Å². The van der Waals surface area contributed by atoms with E-state index in [2.05, 4.69) is 24.3 Å². The smallest absolute Gasteiger partial charge is 0.254 e. The molecule has 2 heterocycles. The highest BCUT2D eigenvalue weighted by molar-refractivity contribution is 5.95. The van der Waals surface area contributed by atoms with E-state index in [1.807, 2.05) is 64.4 Å². The number of hydrogen-bond acceptors (Lipinski definition) is 2. The van der Waals surface area contributed by atoms with E-state index >= 15 is 0 Å². The molecule has 0 aromatic heterocycles. The van der Waals surface area contributed by atoms with Crippen molar-refractivity contribution < 1.29 is 9.59 Å². The Labute approximate surface area is 176 Å². The molecule has 0 unspecified atom stereocenters. The molecule has 0 aliphatic carbocycles. The van der Waals surface area contributed by atoms with Gasteiger partial charge in [-0.25, -0.2) is 0 Å². The van der Waals surface area contributed by atoms with Gasteiger partial charge >= 0.3 is 0 Å². The summed E-state index contributed by atoms with van der Waals surface area (Å²) in [6.07, 6.45) is 0. The van der Waals surface area contributed by atoms with Gasteiger partial charge in [0.15, 0.2) is 0 Å². The summed E-state index contributed by atoms with van der Waals surface area (Å²) in [7, 11) is 0. The zero-order valence-corrected chi connectivity index (χ0v) is 17.0. The second-order valence-electron chi connectivity index (χ2n) is 8.17. The normalized spacial score (nSPS) is 19.9. The van der Waals surface area contributed by atoms with Gasteiger partial charge in [0.05, 0.1) is 6.04 Å². The van der Waals surface area contributed by atoms with Crippen LogP contribution in [0.1, 0.15) is 34.3 Å². The van der Waals surface area contributed by atoms with Gasteiger partial charge < -0.3 is 9.80 Å². The highest BCUT2D eigenvalue weighted by Gasteiger charge is 2.44. The molecule has 2 aliphatic rings. The van der Waals surface area contributed by atoms with Crippen molar-refractivity contribution in [2.45, 2.75) is 25.4 Å². The van der Waals surface area contributed by atoms with Crippen LogP contribution in [0.3, 0.4) is 0 Å². The maximum Gasteiger partial charge on any atom is 0.254 e. The molecule has 3 aromatic rings. The zero-order chi connectivity index (χ0) is 20.7. The minimum Gasteiger partial charge on any atom is -0.340 e. The van der Waals surface area contributed by atoms with Crippen molar-refractivity contribution >= 4 is 11.8 Å². The van der Waals surface area contributed by atoms with Crippen LogP contribution in [0.2, 0.25) is 0 Å². The number of amides is 2. The molecule has 0 radical (unpaired) electrons. The predicted molar refractivity (Wildman–Crippen MR) is 117 cm³/mol. The third kappa shape index (κ3) is 3.18. The number of rotatable bonds is 2. The standard InChI is InChI=1S/C26H24N2O2/c1-18(29)27-16-24-23-10-6-5-9-22(23)15-28(25(24)17-27)26(30)21-13-11-20(12-14-21)19-7-3-2-4-8-19/h2-14,24-25H,15-17H2,1H3/t24-,25-/m0/s1. The Morgan fingerprint density at radius 1 is 0.800 bits per heavy atom. The van der Waals surface area contributed by atoms with Crippen LogP contribution < -0.4 is 0 Å². The first-order chi connectivity index (χ1) is 14.6. The molecule has 0 bridgehead atoms. The summed E-state index contributed by atoms with van der Waals surface area (Å²) in [6, 6.07) is 26.3. The molecule has 2 aliphatic heterocycles. The van der Waals surface area contributed by atoms with Crippen LogP contribution in [0.4, 0.5) is 0 Å². The fourth-order valence-corrected chi connectivity index (χ4v) is 4.83. The lowest BCUT2D eigenvalue weighted by atomic mass is 9.85. The maximum atomic E-state index is 13.5. The second kappa shape index (κ2) is 7.45. The monoisotopic (exact) mass is 396 g/mol. The molecule has 2 amide bonds. The number of carbonyl (C=O) groups excluding carboxylic acids is 2. The topological polar surface area (TPSA) is 40.6 Å². The molecule has 1 fully saturated rings. The number of nitrogens with zero attached hydrogens (tertiary/aromatic N) is 2. The van der Waals surface area contributed by atoms with Crippen LogP contribution in [-0.2, 0) is 11.3 Å². The average molecular weight is 396 g/mol. The molecular formula is C26H24N2O2. The van der Waals surface area contributed by atoms with Gasteiger partial charge in [-0.05, 0) is 34.4 Å². The highest BCUT2D eigenvalue weighted by Crippen LogP contribution is 2.39. The largest absolute Gasteiger partial charge is 0.340 e. The third-order valence-corrected chi connectivity index (χ3v) is 6.43. The summed E-state index contributed by atoms with van der Waals surface area (Å²) in [4.78, 5) is 29.4. The van der Waals surface area contributed by atoms with E-state index in [1.165, 1.54) is 11.1 Å². The Hall–Kier alpha value is -3.40. The number of carbonyl (C=O) groups is 2. The number of hydrogen-bond donors (Lipinski definition) is 0. The van der Waals surface area contributed by atoms with Crippen LogP contribution in [0.5, 0.6) is 0 Å². The SMILES string of the molecule is CC(=O)N1C[C@H]2c3ccccc3CN(C(=O)c3ccc(-c4ccccc4)cc3)[C@H]2C1. The van der Waals surface area contributed by atoms with Crippen molar-refractivity contribution in [1.82, 2.24) is 9.80 Å². The molecule has 1 saturated heterocycles. The van der Waals surface area contributed by atoms with Crippen molar-refractivity contribution in [3.63, 3.8) is 0 Å². The fraction of sp³-hybridized carbons (Fsp3) is 0.231. The Balaban J connectivity index is 1.45. The van der Waals surface area contributed by atoms with Gasteiger partial charge in [-0.3, -0.25) is 9.59 Å². The molecule has 4 nitrogen and oxygen atoms in total. The molecule has 4 heteroatoms. The summed E-state index contributed by atoms with van der Waals surface area (Å²) >= 11 is 0. The Morgan fingerprint density at radius 2 is 1.47 bits per heavy atom. The zero-order valence-electron chi connectivity index (χ0n) is 17.0. The van der Waals surface area contributed by atoms with Gasteiger partial charge in [0.1, 0.15) is 0 Å². The van der Waals surface area contributed by atoms with Gasteiger partial charge in [-0.2, -0.15) is 0 Å². The first kappa shape index (κ1) is 18.6. The third-order valence-electron chi connectivity index (χ3n) is 6.43. The van der Waals surface area contributed by atoms with Gasteiger partial charge in [-0.1, -0.05) is 66.7 Å². The van der Waals surface area contributed by atoms with E-state index in [0.717, 1.165) is 11.1 Å². The summed E-state index contributed by atoms with van der Waals surface area (Å²) < 4.78 is 0. The van der Waals surface area contributed by atoms with E-state index in [9.17, 15) is 9.59 Å². The summed E-state index contributed by atoms with van der Waals surface area (Å²) in [5.74, 6) is 0.275. The van der Waals surface area contributed by atoms with Crippen LogP contribution in [0.25, 0.3) is 11.1 Å². The van der Waals surface area contributed by atoms with Crippen molar-refractivity contribution in [3.05, 3.63) is 95.6 Å². The van der Waals surface area contributed by atoms with E-state index in [0.29, 0.717) is 25.2 Å². The maximum absolute atomic E-state index is 13.5. The van der Waals surface area contributed by atoms with Crippen molar-refractivity contribution in [3.8, 4) is 11.1 Å². The Kier molecular flexibility index (Phi) is 4.62.